The van der Waals surface area contributed by atoms with E-state index in [2.05, 4.69) is 10.9 Å². The average Bonchev–Trinajstić information content (AvgIpc) is 2.98. The summed E-state index contributed by atoms with van der Waals surface area (Å²) in [6.07, 6.45) is 1.16. The molecule has 0 saturated carbocycles. The molecular formula is C14H18N2O3S. The van der Waals surface area contributed by atoms with Gasteiger partial charge in [-0.2, -0.15) is 0 Å². The Balaban J connectivity index is 1.67. The van der Waals surface area contributed by atoms with Crippen LogP contribution in [0.5, 0.6) is 0 Å². The van der Waals surface area contributed by atoms with Crippen LogP contribution in [0.2, 0.25) is 0 Å². The van der Waals surface area contributed by atoms with Gasteiger partial charge in [-0.05, 0) is 31.9 Å². The average molecular weight is 294 g/mol. The smallest absolute Gasteiger partial charge is 0.267 e. The van der Waals surface area contributed by atoms with E-state index in [0.717, 1.165) is 11.3 Å². The van der Waals surface area contributed by atoms with Crippen molar-refractivity contribution in [3.63, 3.8) is 0 Å². The van der Waals surface area contributed by atoms with E-state index in [1.54, 1.807) is 0 Å². The number of hydrogen-bond donors (Lipinski definition) is 2. The van der Waals surface area contributed by atoms with E-state index in [1.807, 2.05) is 31.2 Å². The standard InChI is InChI=1S/C14H18N2O3S/c1-10-4-6-11(7-5-10)20-9-13(17)15-16-14(18)12-3-2-8-19-12/h4-7,12H,2-3,8-9H2,1H3,(H,15,17)(H,16,18). The highest BCUT2D eigenvalue weighted by Gasteiger charge is 2.23. The minimum absolute atomic E-state index is 0.234. The molecule has 20 heavy (non-hydrogen) atoms. The SMILES string of the molecule is Cc1ccc(SCC(=O)NNC(=O)C2CCCO2)cc1. The summed E-state index contributed by atoms with van der Waals surface area (Å²) in [4.78, 5) is 24.2. The van der Waals surface area contributed by atoms with Crippen molar-refractivity contribution < 1.29 is 14.3 Å². The molecule has 0 bridgehead atoms. The predicted molar refractivity (Wildman–Crippen MR) is 77.2 cm³/mol. The second kappa shape index (κ2) is 7.31. The Morgan fingerprint density at radius 2 is 2.05 bits per heavy atom. The lowest BCUT2D eigenvalue weighted by molar-refractivity contribution is -0.134. The van der Waals surface area contributed by atoms with E-state index in [9.17, 15) is 9.59 Å². The minimum atomic E-state index is -0.431. The number of thioether (sulfide) groups is 1. The third kappa shape index (κ3) is 4.54. The van der Waals surface area contributed by atoms with Gasteiger partial charge in [-0.15, -0.1) is 11.8 Å². The number of ether oxygens (including phenoxy) is 1. The van der Waals surface area contributed by atoms with Crippen LogP contribution in [-0.2, 0) is 14.3 Å². The number of hydrazine groups is 1. The Morgan fingerprint density at radius 1 is 1.30 bits per heavy atom. The lowest BCUT2D eigenvalue weighted by atomic mass is 10.2. The van der Waals surface area contributed by atoms with Gasteiger partial charge in [0.25, 0.3) is 5.91 Å². The zero-order chi connectivity index (χ0) is 14.4. The van der Waals surface area contributed by atoms with Crippen molar-refractivity contribution >= 4 is 23.6 Å². The summed E-state index contributed by atoms with van der Waals surface area (Å²) in [7, 11) is 0. The molecule has 1 unspecified atom stereocenters. The number of amides is 2. The number of carbonyl (C=O) groups is 2. The maximum Gasteiger partial charge on any atom is 0.267 e. The second-order valence-corrected chi connectivity index (χ2v) is 5.69. The monoisotopic (exact) mass is 294 g/mol. The lowest BCUT2D eigenvalue weighted by Crippen LogP contribution is -2.46. The number of hydrogen-bond acceptors (Lipinski definition) is 4. The largest absolute Gasteiger partial charge is 0.368 e. The summed E-state index contributed by atoms with van der Waals surface area (Å²) in [6, 6.07) is 7.94. The van der Waals surface area contributed by atoms with Crippen LogP contribution >= 0.6 is 11.8 Å². The van der Waals surface area contributed by atoms with Crippen molar-refractivity contribution in [1.29, 1.82) is 0 Å². The minimum Gasteiger partial charge on any atom is -0.368 e. The summed E-state index contributed by atoms with van der Waals surface area (Å²) in [6.45, 7) is 2.62. The van der Waals surface area contributed by atoms with Crippen molar-refractivity contribution in [2.45, 2.75) is 30.8 Å². The maximum atomic E-state index is 11.6. The number of nitrogens with one attached hydrogen (secondary N) is 2. The van der Waals surface area contributed by atoms with Crippen molar-refractivity contribution in [2.75, 3.05) is 12.4 Å². The highest BCUT2D eigenvalue weighted by molar-refractivity contribution is 8.00. The molecule has 6 heteroatoms. The first-order chi connectivity index (χ1) is 9.65. The van der Waals surface area contributed by atoms with Gasteiger partial charge in [-0.1, -0.05) is 17.7 Å². The van der Waals surface area contributed by atoms with E-state index < -0.39 is 6.10 Å². The molecule has 1 atom stereocenters. The van der Waals surface area contributed by atoms with E-state index >= 15 is 0 Å². The summed E-state index contributed by atoms with van der Waals surface area (Å²) in [5.41, 5.74) is 5.98. The molecule has 5 nitrogen and oxygen atoms in total. The van der Waals surface area contributed by atoms with Crippen LogP contribution in [0.4, 0.5) is 0 Å². The van der Waals surface area contributed by atoms with Crippen molar-refractivity contribution in [2.24, 2.45) is 0 Å². The van der Waals surface area contributed by atoms with Gasteiger partial charge in [0, 0.05) is 11.5 Å². The van der Waals surface area contributed by atoms with Crippen LogP contribution < -0.4 is 10.9 Å². The number of benzene rings is 1. The van der Waals surface area contributed by atoms with E-state index in [4.69, 9.17) is 4.74 Å². The molecule has 1 aliphatic heterocycles. The van der Waals surface area contributed by atoms with Crippen LogP contribution in [0.1, 0.15) is 18.4 Å². The van der Waals surface area contributed by atoms with E-state index in [0.29, 0.717) is 13.0 Å². The maximum absolute atomic E-state index is 11.6. The zero-order valence-corrected chi connectivity index (χ0v) is 12.2. The molecule has 0 radical (unpaired) electrons. The summed E-state index contributed by atoms with van der Waals surface area (Å²) >= 11 is 1.43. The Hall–Kier alpha value is -1.53. The molecule has 1 aromatic rings. The Kier molecular flexibility index (Phi) is 5.43. The molecule has 108 valence electrons. The first-order valence-corrected chi connectivity index (χ1v) is 7.53. The van der Waals surface area contributed by atoms with Crippen LogP contribution in [0.3, 0.4) is 0 Å². The number of rotatable bonds is 4. The zero-order valence-electron chi connectivity index (χ0n) is 11.3. The fourth-order valence-corrected chi connectivity index (χ4v) is 2.51. The molecule has 0 spiro atoms. The Bertz CT molecular complexity index is 470. The van der Waals surface area contributed by atoms with Gasteiger partial charge >= 0.3 is 0 Å². The van der Waals surface area contributed by atoms with E-state index in [-0.39, 0.29) is 17.6 Å². The number of carbonyl (C=O) groups excluding carboxylic acids is 2. The molecule has 1 fully saturated rings. The molecule has 1 aromatic carbocycles. The first-order valence-electron chi connectivity index (χ1n) is 6.55. The van der Waals surface area contributed by atoms with Gasteiger partial charge in [-0.25, -0.2) is 0 Å². The fraction of sp³-hybridized carbons (Fsp3) is 0.429. The van der Waals surface area contributed by atoms with Gasteiger partial charge in [0.1, 0.15) is 6.10 Å². The van der Waals surface area contributed by atoms with Gasteiger partial charge in [-0.3, -0.25) is 20.4 Å². The quantitative estimate of drug-likeness (QED) is 0.651. The van der Waals surface area contributed by atoms with E-state index in [1.165, 1.54) is 17.3 Å². The lowest BCUT2D eigenvalue weighted by Gasteiger charge is -2.11. The highest BCUT2D eigenvalue weighted by atomic mass is 32.2. The van der Waals surface area contributed by atoms with Crippen LogP contribution in [0.25, 0.3) is 0 Å². The molecule has 1 heterocycles. The molecule has 1 aliphatic rings. The van der Waals surface area contributed by atoms with Gasteiger partial charge in [0.15, 0.2) is 0 Å². The van der Waals surface area contributed by atoms with Gasteiger partial charge in [0.2, 0.25) is 5.91 Å². The fourth-order valence-electron chi connectivity index (χ4n) is 1.82. The Labute approximate surface area is 122 Å². The summed E-state index contributed by atoms with van der Waals surface area (Å²) in [5.74, 6) is -0.257. The molecule has 2 amide bonds. The first kappa shape index (κ1) is 14.9. The third-order valence-electron chi connectivity index (χ3n) is 2.94. The molecule has 2 N–H and O–H groups in total. The van der Waals surface area contributed by atoms with Crippen molar-refractivity contribution in [3.8, 4) is 0 Å². The van der Waals surface area contributed by atoms with Gasteiger partial charge in [0.05, 0.1) is 5.75 Å². The number of aryl methyl sites for hydroxylation is 1. The molecule has 0 aliphatic carbocycles. The van der Waals surface area contributed by atoms with Crippen molar-refractivity contribution in [1.82, 2.24) is 10.9 Å². The highest BCUT2D eigenvalue weighted by Crippen LogP contribution is 2.17. The van der Waals surface area contributed by atoms with Crippen LogP contribution in [-0.4, -0.2) is 30.3 Å². The predicted octanol–water partition coefficient (Wildman–Crippen LogP) is 1.41. The summed E-state index contributed by atoms with van der Waals surface area (Å²) < 4.78 is 5.22. The third-order valence-corrected chi connectivity index (χ3v) is 3.95. The molecular weight excluding hydrogens is 276 g/mol. The molecule has 1 saturated heterocycles. The van der Waals surface area contributed by atoms with Crippen LogP contribution in [0, 0.1) is 6.92 Å². The molecule has 2 rings (SSSR count). The van der Waals surface area contributed by atoms with Crippen LogP contribution in [0.15, 0.2) is 29.2 Å². The summed E-state index contributed by atoms with van der Waals surface area (Å²) in [5, 5.41) is 0. The molecule has 0 aromatic heterocycles. The van der Waals surface area contributed by atoms with Crippen molar-refractivity contribution in [3.05, 3.63) is 29.8 Å². The topological polar surface area (TPSA) is 67.4 Å². The normalized spacial score (nSPS) is 17.8. The van der Waals surface area contributed by atoms with Gasteiger partial charge < -0.3 is 4.74 Å². The second-order valence-electron chi connectivity index (χ2n) is 4.64. The Morgan fingerprint density at radius 3 is 2.70 bits per heavy atom.